The van der Waals surface area contributed by atoms with Crippen molar-refractivity contribution in [3.05, 3.63) is 0 Å². The zero-order chi connectivity index (χ0) is 15.9. The second-order valence-electron chi connectivity index (χ2n) is 6.30. The van der Waals surface area contributed by atoms with Crippen molar-refractivity contribution >= 4 is 11.9 Å². The molecule has 0 radical (unpaired) electrons. The van der Waals surface area contributed by atoms with Gasteiger partial charge in [-0.15, -0.1) is 0 Å². The molecule has 2 N–H and O–H groups in total. The SMILES string of the molecule is O=C(O)CCCCCCCC1OC1CCC1OC1CC(=O)O. The standard InChI is InChI=1S/C16H26O6/c17-15(18)7-5-3-1-2-4-6-11-12(21-11)8-9-13-14(22-13)10-16(19)20/h11-14H,1-10H2,(H,17,18)(H,19,20). The molecule has 4 atom stereocenters. The fraction of sp³-hybridized carbons (Fsp3) is 0.875. The topological polar surface area (TPSA) is 99.7 Å². The van der Waals surface area contributed by atoms with Gasteiger partial charge in [0.15, 0.2) is 0 Å². The molecule has 0 aromatic carbocycles. The van der Waals surface area contributed by atoms with Crippen LogP contribution in [0.5, 0.6) is 0 Å². The Balaban J connectivity index is 1.37. The minimum atomic E-state index is -0.795. The lowest BCUT2D eigenvalue weighted by Gasteiger charge is -1.99. The lowest BCUT2D eigenvalue weighted by Crippen LogP contribution is -2.04. The molecule has 2 saturated heterocycles. The highest BCUT2D eigenvalue weighted by Crippen LogP contribution is 2.36. The summed E-state index contributed by atoms with van der Waals surface area (Å²) in [5.74, 6) is -1.50. The number of unbranched alkanes of at least 4 members (excludes halogenated alkanes) is 4. The summed E-state index contributed by atoms with van der Waals surface area (Å²) in [6.45, 7) is 0. The zero-order valence-corrected chi connectivity index (χ0v) is 12.9. The maximum absolute atomic E-state index is 10.5. The molecule has 0 bridgehead atoms. The van der Waals surface area contributed by atoms with Crippen LogP contribution < -0.4 is 0 Å². The number of carboxylic acid groups (broad SMARTS) is 2. The van der Waals surface area contributed by atoms with Gasteiger partial charge in [-0.25, -0.2) is 0 Å². The van der Waals surface area contributed by atoms with E-state index in [1.54, 1.807) is 0 Å². The normalized spacial score (nSPS) is 29.3. The van der Waals surface area contributed by atoms with Crippen LogP contribution in [0.3, 0.4) is 0 Å². The summed E-state index contributed by atoms with van der Waals surface area (Å²) in [6.07, 6.45) is 9.20. The Hall–Kier alpha value is -1.14. The van der Waals surface area contributed by atoms with Crippen LogP contribution in [0, 0.1) is 0 Å². The van der Waals surface area contributed by atoms with E-state index in [0.717, 1.165) is 51.4 Å². The number of carboxylic acids is 2. The van der Waals surface area contributed by atoms with E-state index in [-0.39, 0.29) is 25.0 Å². The van der Waals surface area contributed by atoms with E-state index in [1.807, 2.05) is 0 Å². The molecule has 2 rings (SSSR count). The van der Waals surface area contributed by atoms with Gasteiger partial charge in [-0.3, -0.25) is 9.59 Å². The third-order valence-electron chi connectivity index (χ3n) is 4.37. The predicted molar refractivity (Wildman–Crippen MR) is 78.8 cm³/mol. The average Bonchev–Trinajstić information content (AvgIpc) is 3.32. The number of hydrogen-bond acceptors (Lipinski definition) is 4. The third-order valence-corrected chi connectivity index (χ3v) is 4.37. The van der Waals surface area contributed by atoms with Crippen molar-refractivity contribution in [2.45, 2.75) is 88.6 Å². The van der Waals surface area contributed by atoms with Crippen LogP contribution in [0.25, 0.3) is 0 Å². The molecule has 0 aromatic rings. The quantitative estimate of drug-likeness (QED) is 0.400. The van der Waals surface area contributed by atoms with Crippen molar-refractivity contribution in [1.82, 2.24) is 0 Å². The second-order valence-corrected chi connectivity index (χ2v) is 6.30. The molecule has 0 aliphatic carbocycles. The molecule has 4 unspecified atom stereocenters. The van der Waals surface area contributed by atoms with Gasteiger partial charge >= 0.3 is 11.9 Å². The predicted octanol–water partition coefficient (Wildman–Crippen LogP) is 2.59. The molecule has 6 heteroatoms. The van der Waals surface area contributed by atoms with Gasteiger partial charge in [0.1, 0.15) is 0 Å². The van der Waals surface area contributed by atoms with Gasteiger partial charge in [0.25, 0.3) is 0 Å². The Morgan fingerprint density at radius 2 is 1.23 bits per heavy atom. The summed E-state index contributed by atoms with van der Waals surface area (Å²) in [5.41, 5.74) is 0. The van der Waals surface area contributed by atoms with E-state index >= 15 is 0 Å². The van der Waals surface area contributed by atoms with Gasteiger partial charge < -0.3 is 19.7 Å². The second kappa shape index (κ2) is 8.48. The highest BCUT2D eigenvalue weighted by Gasteiger charge is 2.43. The van der Waals surface area contributed by atoms with Gasteiger partial charge in [-0.2, -0.15) is 0 Å². The minimum absolute atomic E-state index is 0.0829. The zero-order valence-electron chi connectivity index (χ0n) is 12.9. The van der Waals surface area contributed by atoms with E-state index in [4.69, 9.17) is 19.7 Å². The summed E-state index contributed by atoms with van der Waals surface area (Å²) < 4.78 is 10.9. The summed E-state index contributed by atoms with van der Waals surface area (Å²) in [6, 6.07) is 0. The minimum Gasteiger partial charge on any atom is -0.481 e. The number of carbonyl (C=O) groups is 2. The first-order valence-corrected chi connectivity index (χ1v) is 8.31. The number of epoxide rings is 2. The average molecular weight is 314 g/mol. The van der Waals surface area contributed by atoms with Crippen LogP contribution in [0.15, 0.2) is 0 Å². The van der Waals surface area contributed by atoms with Crippen molar-refractivity contribution in [3.63, 3.8) is 0 Å². The van der Waals surface area contributed by atoms with Gasteiger partial charge in [-0.05, 0) is 25.7 Å². The maximum Gasteiger partial charge on any atom is 0.306 e. The highest BCUT2D eigenvalue weighted by atomic mass is 16.6. The number of aliphatic carboxylic acids is 2. The Morgan fingerprint density at radius 3 is 1.91 bits per heavy atom. The highest BCUT2D eigenvalue weighted by molar-refractivity contribution is 5.67. The Labute approximate surface area is 130 Å². The third kappa shape index (κ3) is 6.75. The molecule has 0 saturated carbocycles. The largest absolute Gasteiger partial charge is 0.481 e. The number of hydrogen-bond donors (Lipinski definition) is 2. The Bertz CT molecular complexity index is 383. The number of ether oxygens (including phenoxy) is 2. The Kier molecular flexibility index (Phi) is 6.64. The van der Waals surface area contributed by atoms with Crippen LogP contribution in [0.1, 0.15) is 64.2 Å². The van der Waals surface area contributed by atoms with E-state index in [1.165, 1.54) is 0 Å². The van der Waals surface area contributed by atoms with E-state index < -0.39 is 11.9 Å². The monoisotopic (exact) mass is 314 g/mol. The van der Waals surface area contributed by atoms with Crippen molar-refractivity contribution in [1.29, 1.82) is 0 Å². The van der Waals surface area contributed by atoms with Crippen LogP contribution in [-0.2, 0) is 19.1 Å². The van der Waals surface area contributed by atoms with Gasteiger partial charge in [-0.1, -0.05) is 25.7 Å². The van der Waals surface area contributed by atoms with Crippen LogP contribution in [-0.4, -0.2) is 46.6 Å². The summed E-state index contributed by atoms with van der Waals surface area (Å²) in [4.78, 5) is 20.9. The van der Waals surface area contributed by atoms with Crippen molar-refractivity contribution in [3.8, 4) is 0 Å². The first kappa shape index (κ1) is 17.2. The summed E-state index contributed by atoms with van der Waals surface area (Å²) in [7, 11) is 0. The first-order valence-electron chi connectivity index (χ1n) is 8.31. The van der Waals surface area contributed by atoms with Crippen molar-refractivity contribution in [2.24, 2.45) is 0 Å². The van der Waals surface area contributed by atoms with Crippen LogP contribution in [0.2, 0.25) is 0 Å². The summed E-state index contributed by atoms with van der Waals surface area (Å²) >= 11 is 0. The molecule has 0 aromatic heterocycles. The smallest absolute Gasteiger partial charge is 0.306 e. The van der Waals surface area contributed by atoms with Crippen molar-refractivity contribution in [2.75, 3.05) is 0 Å². The molecule has 2 aliphatic rings. The fourth-order valence-electron chi connectivity index (χ4n) is 2.95. The molecule has 2 aliphatic heterocycles. The molecule has 2 heterocycles. The molecule has 22 heavy (non-hydrogen) atoms. The van der Waals surface area contributed by atoms with E-state index in [9.17, 15) is 9.59 Å². The van der Waals surface area contributed by atoms with E-state index in [0.29, 0.717) is 12.2 Å². The van der Waals surface area contributed by atoms with Gasteiger partial charge in [0.2, 0.25) is 0 Å². The van der Waals surface area contributed by atoms with Crippen LogP contribution >= 0.6 is 0 Å². The Morgan fingerprint density at radius 1 is 0.682 bits per heavy atom. The first-order chi connectivity index (χ1) is 10.6. The fourth-order valence-corrected chi connectivity index (χ4v) is 2.95. The van der Waals surface area contributed by atoms with Crippen molar-refractivity contribution < 1.29 is 29.3 Å². The molecule has 126 valence electrons. The van der Waals surface area contributed by atoms with Crippen LogP contribution in [0.4, 0.5) is 0 Å². The molecule has 0 spiro atoms. The molecule has 2 fully saturated rings. The summed E-state index contributed by atoms with van der Waals surface area (Å²) in [5, 5.41) is 17.2. The lowest BCUT2D eigenvalue weighted by molar-refractivity contribution is -0.138. The molecular weight excluding hydrogens is 288 g/mol. The lowest BCUT2D eigenvalue weighted by atomic mass is 10.0. The van der Waals surface area contributed by atoms with Gasteiger partial charge in [0.05, 0.1) is 30.8 Å². The maximum atomic E-state index is 10.5. The van der Waals surface area contributed by atoms with Gasteiger partial charge in [0, 0.05) is 6.42 Å². The molecule has 6 nitrogen and oxygen atoms in total. The van der Waals surface area contributed by atoms with E-state index in [2.05, 4.69) is 0 Å². The molecule has 0 amide bonds. The number of rotatable bonds is 13. The molecular formula is C16H26O6.